The second kappa shape index (κ2) is 11.6. The maximum Gasteiger partial charge on any atom is 0.417 e. The third kappa shape index (κ3) is 5.80. The van der Waals surface area contributed by atoms with Gasteiger partial charge in [0.25, 0.3) is 0 Å². The highest BCUT2D eigenvalue weighted by Gasteiger charge is 2.19. The van der Waals surface area contributed by atoms with E-state index in [1.165, 1.54) is 28.8 Å². The van der Waals surface area contributed by atoms with Gasteiger partial charge in [-0.05, 0) is 62.4 Å². The monoisotopic (exact) mass is 613 g/mol. The van der Waals surface area contributed by atoms with Crippen molar-refractivity contribution in [3.63, 3.8) is 0 Å². The molecule has 6 aromatic rings. The summed E-state index contributed by atoms with van der Waals surface area (Å²) in [6.45, 7) is 3.40. The fourth-order valence-electron chi connectivity index (χ4n) is 4.61. The van der Waals surface area contributed by atoms with Crippen LogP contribution in [-0.2, 0) is 7.05 Å². The molecule has 2 aromatic carbocycles. The van der Waals surface area contributed by atoms with Gasteiger partial charge < -0.3 is 14.0 Å². The summed E-state index contributed by atoms with van der Waals surface area (Å²) < 4.78 is 45.2. The van der Waals surface area contributed by atoms with Crippen molar-refractivity contribution >= 4 is 17.3 Å². The molecule has 0 aliphatic carbocycles. The van der Waals surface area contributed by atoms with E-state index in [-0.39, 0.29) is 17.1 Å². The van der Waals surface area contributed by atoms with Crippen molar-refractivity contribution in [2.75, 3.05) is 5.32 Å². The summed E-state index contributed by atoms with van der Waals surface area (Å²) in [7, 11) is 1.84. The molecule has 4 heterocycles. The van der Waals surface area contributed by atoms with Crippen LogP contribution in [-0.4, -0.2) is 34.4 Å². The molecule has 12 nitrogen and oxygen atoms in total. The summed E-state index contributed by atoms with van der Waals surface area (Å²) in [5.74, 6) is -1.61. The Kier molecular flexibility index (Phi) is 7.46. The highest BCUT2D eigenvalue weighted by molar-refractivity contribution is 5.86. The summed E-state index contributed by atoms with van der Waals surface area (Å²) in [5, 5.41) is 6.63. The molecule has 0 aliphatic heterocycles. The van der Waals surface area contributed by atoms with E-state index in [2.05, 4.69) is 15.4 Å². The van der Waals surface area contributed by atoms with Crippen molar-refractivity contribution in [3.8, 4) is 34.2 Å². The standard InChI is InChI=1S/C31H25F2N7O5/c1-18(2)38-16-28(29(41)40(31(38)43)22-7-4-20(32)5-8-22)45-30(42)36-21-6-9-26(23(33)13-21)44-27-12-19(24-15-37(3)17-34-24)14-39-25(27)10-11-35-39/h4-18H,1-3H3,(H,36,42). The van der Waals surface area contributed by atoms with Gasteiger partial charge in [0.05, 0.1) is 30.1 Å². The van der Waals surface area contributed by atoms with Crippen molar-refractivity contribution < 1.29 is 23.0 Å². The molecule has 6 rings (SSSR count). The molecule has 1 N–H and O–H groups in total. The van der Waals surface area contributed by atoms with Crippen LogP contribution < -0.4 is 26.0 Å². The van der Waals surface area contributed by atoms with Crippen molar-refractivity contribution in [1.82, 2.24) is 28.3 Å². The largest absolute Gasteiger partial charge is 0.452 e. The van der Waals surface area contributed by atoms with Gasteiger partial charge in [-0.3, -0.25) is 14.7 Å². The Bertz CT molecular complexity index is 2180. The van der Waals surface area contributed by atoms with Gasteiger partial charge in [0.15, 0.2) is 17.3 Å². The Morgan fingerprint density at radius 2 is 1.71 bits per heavy atom. The van der Waals surface area contributed by atoms with Crippen molar-refractivity contribution in [1.29, 1.82) is 0 Å². The maximum absolute atomic E-state index is 15.2. The Morgan fingerprint density at radius 3 is 2.40 bits per heavy atom. The number of pyridine rings is 1. The molecule has 14 heteroatoms. The van der Waals surface area contributed by atoms with Crippen molar-refractivity contribution in [2.45, 2.75) is 19.9 Å². The molecule has 0 spiro atoms. The molecular weight excluding hydrogens is 588 g/mol. The fraction of sp³-hybridized carbons (Fsp3) is 0.129. The van der Waals surface area contributed by atoms with Gasteiger partial charge in [0, 0.05) is 42.8 Å². The first-order valence-corrected chi connectivity index (χ1v) is 13.6. The minimum Gasteiger partial charge on any atom is -0.452 e. The Morgan fingerprint density at radius 1 is 0.933 bits per heavy atom. The number of carbonyl (C=O) groups excluding carboxylic acids is 1. The van der Waals surface area contributed by atoms with Crippen LogP contribution in [0.4, 0.5) is 19.3 Å². The Hall–Kier alpha value is -6.05. The normalized spacial score (nSPS) is 11.2. The number of rotatable bonds is 7. The number of aromatic nitrogens is 6. The number of hydrogen-bond acceptors (Lipinski definition) is 7. The van der Waals surface area contributed by atoms with Gasteiger partial charge in [-0.15, -0.1) is 0 Å². The number of anilines is 1. The lowest BCUT2D eigenvalue weighted by atomic mass is 10.2. The lowest BCUT2D eigenvalue weighted by Crippen LogP contribution is -2.40. The molecule has 0 unspecified atom stereocenters. The number of halogens is 2. The zero-order valence-electron chi connectivity index (χ0n) is 24.1. The SMILES string of the molecule is CC(C)n1cc(OC(=O)Nc2ccc(Oc3cc(-c4cn(C)cn4)cn4nccc34)c(F)c2)c(=O)n(-c2ccc(F)cc2)c1=O. The van der Waals surface area contributed by atoms with Crippen LogP contribution in [0, 0.1) is 11.6 Å². The molecule has 0 radical (unpaired) electrons. The van der Waals surface area contributed by atoms with Crippen LogP contribution in [0.2, 0.25) is 0 Å². The number of nitrogens with zero attached hydrogens (tertiary/aromatic N) is 6. The molecule has 0 atom stereocenters. The number of imidazole rings is 1. The zero-order chi connectivity index (χ0) is 31.8. The minimum absolute atomic E-state index is 0.0117. The number of amides is 1. The van der Waals surface area contributed by atoms with Crippen LogP contribution in [0.5, 0.6) is 17.2 Å². The molecule has 4 aromatic heterocycles. The molecule has 0 saturated heterocycles. The van der Waals surface area contributed by atoms with Gasteiger partial charge in [0.2, 0.25) is 5.75 Å². The predicted octanol–water partition coefficient (Wildman–Crippen LogP) is 5.31. The third-order valence-corrected chi connectivity index (χ3v) is 6.80. The number of carbonyl (C=O) groups is 1. The first-order valence-electron chi connectivity index (χ1n) is 13.6. The maximum atomic E-state index is 15.2. The van der Waals surface area contributed by atoms with E-state index < -0.39 is 40.8 Å². The summed E-state index contributed by atoms with van der Waals surface area (Å²) in [4.78, 5) is 43.3. The highest BCUT2D eigenvalue weighted by Crippen LogP contribution is 2.33. The zero-order valence-corrected chi connectivity index (χ0v) is 24.1. The van der Waals surface area contributed by atoms with Gasteiger partial charge in [0.1, 0.15) is 11.3 Å². The smallest absolute Gasteiger partial charge is 0.417 e. The Balaban J connectivity index is 1.24. The Labute approximate surface area is 253 Å². The van der Waals surface area contributed by atoms with Gasteiger partial charge in [-0.1, -0.05) is 0 Å². The molecular formula is C31H25F2N7O5. The van der Waals surface area contributed by atoms with Gasteiger partial charge in [-0.2, -0.15) is 5.10 Å². The van der Waals surface area contributed by atoms with Crippen molar-refractivity contribution in [2.24, 2.45) is 7.05 Å². The molecule has 0 bridgehead atoms. The van der Waals surface area contributed by atoms with Crippen LogP contribution in [0.15, 0.2) is 95.3 Å². The number of nitrogens with one attached hydrogen (secondary N) is 1. The third-order valence-electron chi connectivity index (χ3n) is 6.80. The van der Waals surface area contributed by atoms with Gasteiger partial charge in [-0.25, -0.2) is 32.4 Å². The number of benzene rings is 2. The summed E-state index contributed by atoms with van der Waals surface area (Å²) in [6, 6.07) is 11.5. The van der Waals surface area contributed by atoms with Crippen LogP contribution in [0.1, 0.15) is 19.9 Å². The van der Waals surface area contributed by atoms with Crippen LogP contribution >= 0.6 is 0 Å². The van der Waals surface area contributed by atoms with E-state index in [9.17, 15) is 18.8 Å². The van der Waals surface area contributed by atoms with E-state index in [0.717, 1.165) is 29.0 Å². The predicted molar refractivity (Wildman–Crippen MR) is 160 cm³/mol. The van der Waals surface area contributed by atoms with Crippen molar-refractivity contribution in [3.05, 3.63) is 118 Å². The number of hydrogen-bond donors (Lipinski definition) is 1. The molecule has 1 amide bonds. The first kappa shape index (κ1) is 29.0. The lowest BCUT2D eigenvalue weighted by Gasteiger charge is -2.16. The van der Waals surface area contributed by atoms with E-state index in [4.69, 9.17) is 9.47 Å². The molecule has 228 valence electrons. The number of aryl methyl sites for hydroxylation is 1. The summed E-state index contributed by atoms with van der Waals surface area (Å²) >= 11 is 0. The van der Waals surface area contributed by atoms with Gasteiger partial charge >= 0.3 is 17.3 Å². The second-order valence-electron chi connectivity index (χ2n) is 10.3. The topological polar surface area (TPSA) is 127 Å². The van der Waals surface area contributed by atoms with E-state index in [0.29, 0.717) is 22.5 Å². The summed E-state index contributed by atoms with van der Waals surface area (Å²) in [5.41, 5.74) is 0.421. The molecule has 0 fully saturated rings. The average Bonchev–Trinajstić information content (AvgIpc) is 3.66. The molecule has 45 heavy (non-hydrogen) atoms. The van der Waals surface area contributed by atoms with Crippen LogP contribution in [0.3, 0.4) is 0 Å². The quantitative estimate of drug-likeness (QED) is 0.259. The second-order valence-corrected chi connectivity index (χ2v) is 10.3. The molecule has 0 saturated carbocycles. The average molecular weight is 614 g/mol. The summed E-state index contributed by atoms with van der Waals surface area (Å²) in [6.07, 6.45) is 6.85. The van der Waals surface area contributed by atoms with E-state index >= 15 is 4.39 Å². The lowest BCUT2D eigenvalue weighted by molar-refractivity contribution is 0.213. The van der Waals surface area contributed by atoms with Crippen LogP contribution in [0.25, 0.3) is 22.5 Å². The minimum atomic E-state index is -1.11. The number of fused-ring (bicyclic) bond motifs is 1. The highest BCUT2D eigenvalue weighted by atomic mass is 19.1. The fourth-order valence-corrected chi connectivity index (χ4v) is 4.61. The molecule has 0 aliphatic rings. The van der Waals surface area contributed by atoms with E-state index in [1.807, 2.05) is 13.2 Å². The number of ether oxygens (including phenoxy) is 2. The first-order chi connectivity index (χ1) is 21.6. The van der Waals surface area contributed by atoms with E-state index in [1.54, 1.807) is 53.8 Å².